The van der Waals surface area contributed by atoms with Crippen molar-refractivity contribution in [3.63, 3.8) is 0 Å². The second-order valence-electron chi connectivity index (χ2n) is 5.27. The summed E-state index contributed by atoms with van der Waals surface area (Å²) in [7, 11) is 1.84. The summed E-state index contributed by atoms with van der Waals surface area (Å²) in [5, 5.41) is 20.7. The van der Waals surface area contributed by atoms with Gasteiger partial charge < -0.3 is 9.30 Å². The molecular formula is C17H15ClN4O3S. The normalized spacial score (nSPS) is 10.7. The van der Waals surface area contributed by atoms with Gasteiger partial charge >= 0.3 is 5.69 Å². The van der Waals surface area contributed by atoms with Gasteiger partial charge in [0.15, 0.2) is 16.7 Å². The van der Waals surface area contributed by atoms with E-state index in [0.717, 1.165) is 10.5 Å². The summed E-state index contributed by atoms with van der Waals surface area (Å²) in [6.07, 6.45) is 0. The lowest BCUT2D eigenvalue weighted by atomic mass is 10.2. The van der Waals surface area contributed by atoms with Gasteiger partial charge in [-0.2, -0.15) is 0 Å². The summed E-state index contributed by atoms with van der Waals surface area (Å²) in [6.45, 7) is 2.12. The van der Waals surface area contributed by atoms with Crippen LogP contribution in [0.4, 0.5) is 5.69 Å². The average Bonchev–Trinajstić information content (AvgIpc) is 2.96. The van der Waals surface area contributed by atoms with Gasteiger partial charge in [0.25, 0.3) is 0 Å². The molecule has 0 aliphatic carbocycles. The van der Waals surface area contributed by atoms with Gasteiger partial charge in [-0.05, 0) is 36.9 Å². The van der Waals surface area contributed by atoms with Gasteiger partial charge in [-0.1, -0.05) is 23.7 Å². The molecule has 7 nitrogen and oxygen atoms in total. The van der Waals surface area contributed by atoms with Gasteiger partial charge in [-0.3, -0.25) is 10.1 Å². The minimum atomic E-state index is -0.461. The van der Waals surface area contributed by atoms with Crippen LogP contribution in [0.5, 0.6) is 5.75 Å². The SMILES string of the molecule is CCOc1cc(Sc2nnc(-c3ccccc3Cl)n2C)ccc1[N+](=O)[O-]. The number of benzene rings is 2. The third-order valence-corrected chi connectivity index (χ3v) is 4.94. The Morgan fingerprint density at radius 1 is 1.27 bits per heavy atom. The van der Waals surface area contributed by atoms with E-state index in [1.807, 2.05) is 29.8 Å². The number of nitro benzene ring substituents is 1. The third kappa shape index (κ3) is 3.66. The van der Waals surface area contributed by atoms with E-state index < -0.39 is 4.92 Å². The predicted octanol–water partition coefficient (Wildman–Crippen LogP) is 4.59. The van der Waals surface area contributed by atoms with Crippen molar-refractivity contribution in [2.45, 2.75) is 17.0 Å². The average molecular weight is 391 g/mol. The summed E-state index contributed by atoms with van der Waals surface area (Å²) in [5.41, 5.74) is 0.723. The van der Waals surface area contributed by atoms with Crippen LogP contribution in [0.25, 0.3) is 11.4 Å². The Bertz CT molecular complexity index is 961. The zero-order valence-corrected chi connectivity index (χ0v) is 15.6. The van der Waals surface area contributed by atoms with Crippen molar-refractivity contribution in [2.24, 2.45) is 7.05 Å². The third-order valence-electron chi connectivity index (χ3n) is 3.59. The van der Waals surface area contributed by atoms with Crippen LogP contribution in [0.2, 0.25) is 5.02 Å². The molecule has 0 aliphatic rings. The number of nitrogens with zero attached hydrogens (tertiary/aromatic N) is 4. The number of rotatable bonds is 6. The highest BCUT2D eigenvalue weighted by Crippen LogP contribution is 2.36. The topological polar surface area (TPSA) is 83.1 Å². The molecule has 2 aromatic carbocycles. The molecule has 0 radical (unpaired) electrons. The molecule has 0 fully saturated rings. The van der Waals surface area contributed by atoms with Gasteiger partial charge in [0.2, 0.25) is 0 Å². The van der Waals surface area contributed by atoms with Crippen LogP contribution in [0.3, 0.4) is 0 Å². The fourth-order valence-corrected chi connectivity index (χ4v) is 3.40. The van der Waals surface area contributed by atoms with Crippen LogP contribution >= 0.6 is 23.4 Å². The maximum atomic E-state index is 11.1. The molecular weight excluding hydrogens is 376 g/mol. The van der Waals surface area contributed by atoms with Crippen LogP contribution in [0, 0.1) is 10.1 Å². The van der Waals surface area contributed by atoms with Crippen LogP contribution in [0.1, 0.15) is 6.92 Å². The lowest BCUT2D eigenvalue weighted by Crippen LogP contribution is -1.98. The van der Waals surface area contributed by atoms with Gasteiger partial charge in [0, 0.05) is 29.6 Å². The standard InChI is InChI=1S/C17H15ClN4O3S/c1-3-25-15-10-11(8-9-14(15)22(23)24)26-17-20-19-16(21(17)2)12-6-4-5-7-13(12)18/h4-10H,3H2,1-2H3. The molecule has 0 amide bonds. The monoisotopic (exact) mass is 390 g/mol. The van der Waals surface area contributed by atoms with E-state index >= 15 is 0 Å². The molecule has 0 bridgehead atoms. The fourth-order valence-electron chi connectivity index (χ4n) is 2.37. The maximum absolute atomic E-state index is 11.1. The Balaban J connectivity index is 1.92. The summed E-state index contributed by atoms with van der Waals surface area (Å²) < 4.78 is 7.21. The molecule has 0 saturated carbocycles. The van der Waals surface area contributed by atoms with E-state index in [9.17, 15) is 10.1 Å². The number of hydrogen-bond acceptors (Lipinski definition) is 6. The molecule has 3 rings (SSSR count). The summed E-state index contributed by atoms with van der Waals surface area (Å²) in [6, 6.07) is 12.1. The Hall–Kier alpha value is -2.58. The van der Waals surface area contributed by atoms with E-state index in [1.54, 1.807) is 25.1 Å². The van der Waals surface area contributed by atoms with Crippen molar-refractivity contribution in [1.29, 1.82) is 0 Å². The van der Waals surface area contributed by atoms with Gasteiger partial charge in [-0.15, -0.1) is 10.2 Å². The Morgan fingerprint density at radius 3 is 2.73 bits per heavy atom. The van der Waals surface area contributed by atoms with Crippen LogP contribution < -0.4 is 4.74 Å². The number of aromatic nitrogens is 3. The van der Waals surface area contributed by atoms with Gasteiger partial charge in [-0.25, -0.2) is 0 Å². The molecule has 3 aromatic rings. The van der Waals surface area contributed by atoms with Crippen molar-refractivity contribution in [2.75, 3.05) is 6.61 Å². The highest BCUT2D eigenvalue weighted by atomic mass is 35.5. The quantitative estimate of drug-likeness (QED) is 0.452. The maximum Gasteiger partial charge on any atom is 0.310 e. The van der Waals surface area contributed by atoms with E-state index in [-0.39, 0.29) is 11.4 Å². The van der Waals surface area contributed by atoms with E-state index in [2.05, 4.69) is 10.2 Å². The highest BCUT2D eigenvalue weighted by molar-refractivity contribution is 7.99. The fraction of sp³-hybridized carbons (Fsp3) is 0.176. The zero-order chi connectivity index (χ0) is 18.7. The molecule has 0 aliphatic heterocycles. The van der Waals surface area contributed by atoms with E-state index in [4.69, 9.17) is 16.3 Å². The second-order valence-corrected chi connectivity index (χ2v) is 6.71. The number of halogens is 1. The van der Waals surface area contributed by atoms with Gasteiger partial charge in [0.05, 0.1) is 16.6 Å². The smallest absolute Gasteiger partial charge is 0.310 e. The summed E-state index contributed by atoms with van der Waals surface area (Å²) in [4.78, 5) is 11.4. The van der Waals surface area contributed by atoms with Crippen LogP contribution in [0.15, 0.2) is 52.5 Å². The van der Waals surface area contributed by atoms with Crippen molar-refractivity contribution in [3.8, 4) is 17.1 Å². The largest absolute Gasteiger partial charge is 0.487 e. The van der Waals surface area contributed by atoms with Crippen molar-refractivity contribution in [1.82, 2.24) is 14.8 Å². The lowest BCUT2D eigenvalue weighted by Gasteiger charge is -2.07. The molecule has 9 heteroatoms. The minimum Gasteiger partial charge on any atom is -0.487 e. The molecule has 0 N–H and O–H groups in total. The Labute approximate surface area is 159 Å². The first-order valence-electron chi connectivity index (χ1n) is 7.74. The molecule has 1 heterocycles. The molecule has 1 aromatic heterocycles. The lowest BCUT2D eigenvalue weighted by molar-refractivity contribution is -0.385. The Kier molecular flexibility index (Phi) is 5.43. The van der Waals surface area contributed by atoms with E-state index in [0.29, 0.717) is 22.6 Å². The number of hydrogen-bond donors (Lipinski definition) is 0. The van der Waals surface area contributed by atoms with Gasteiger partial charge in [0.1, 0.15) is 0 Å². The molecule has 0 unspecified atom stereocenters. The summed E-state index contributed by atoms with van der Waals surface area (Å²) in [5.74, 6) is 0.876. The van der Waals surface area contributed by atoms with Crippen molar-refractivity contribution in [3.05, 3.63) is 57.6 Å². The first kappa shape index (κ1) is 18.2. The first-order chi connectivity index (χ1) is 12.5. The molecule has 0 atom stereocenters. The first-order valence-corrected chi connectivity index (χ1v) is 8.94. The zero-order valence-electron chi connectivity index (χ0n) is 14.0. The second kappa shape index (κ2) is 7.76. The number of nitro groups is 1. The molecule has 0 saturated heterocycles. The molecule has 134 valence electrons. The predicted molar refractivity (Wildman–Crippen MR) is 99.8 cm³/mol. The molecule has 0 spiro atoms. The molecule has 26 heavy (non-hydrogen) atoms. The summed E-state index contributed by atoms with van der Waals surface area (Å²) >= 11 is 7.57. The van der Waals surface area contributed by atoms with E-state index in [1.165, 1.54) is 17.8 Å². The number of ether oxygens (including phenoxy) is 1. The Morgan fingerprint density at radius 2 is 2.04 bits per heavy atom. The van der Waals surface area contributed by atoms with Crippen LogP contribution in [-0.2, 0) is 7.05 Å². The van der Waals surface area contributed by atoms with Crippen LogP contribution in [-0.4, -0.2) is 26.3 Å². The highest BCUT2D eigenvalue weighted by Gasteiger charge is 2.18. The van der Waals surface area contributed by atoms with Crippen molar-refractivity contribution >= 4 is 29.1 Å². The minimum absolute atomic E-state index is 0.0640. The van der Waals surface area contributed by atoms with Crippen molar-refractivity contribution < 1.29 is 9.66 Å².